The Morgan fingerprint density at radius 1 is 0.882 bits per heavy atom. The van der Waals surface area contributed by atoms with Crippen LogP contribution in [0, 0.1) is 13.8 Å². The van der Waals surface area contributed by atoms with Gasteiger partial charge in [-0.05, 0) is 37.1 Å². The number of ether oxygens (including phenoxy) is 2. The minimum Gasteiger partial charge on any atom is -0.486 e. The van der Waals surface area contributed by atoms with Crippen LogP contribution in [-0.4, -0.2) is 74.9 Å². The summed E-state index contributed by atoms with van der Waals surface area (Å²) in [4.78, 5) is 29.5. The maximum atomic E-state index is 13.3. The van der Waals surface area contributed by atoms with Crippen molar-refractivity contribution in [3.63, 3.8) is 0 Å². The number of hydrogen-bond acceptors (Lipinski definition) is 7. The third kappa shape index (κ3) is 3.85. The number of imide groups is 1. The smallest absolute Gasteiger partial charge is 0.251 e. The van der Waals surface area contributed by atoms with E-state index in [4.69, 9.17) is 9.47 Å². The van der Waals surface area contributed by atoms with Crippen LogP contribution in [-0.2, 0) is 19.6 Å². The van der Waals surface area contributed by atoms with Gasteiger partial charge in [0.1, 0.15) is 13.2 Å². The molecule has 2 saturated heterocycles. The van der Waals surface area contributed by atoms with E-state index in [9.17, 15) is 18.0 Å². The number of carbonyl (C=O) groups excluding carboxylic acids is 2. The molecule has 5 rings (SSSR count). The average molecular weight is 486 g/mol. The van der Waals surface area contributed by atoms with Crippen LogP contribution in [0.3, 0.4) is 0 Å². The predicted molar refractivity (Wildman–Crippen MR) is 125 cm³/mol. The first-order valence-electron chi connectivity index (χ1n) is 11.3. The first-order valence-corrected chi connectivity index (χ1v) is 12.8. The van der Waals surface area contributed by atoms with E-state index in [1.165, 1.54) is 21.3 Å². The molecule has 0 radical (unpaired) electrons. The number of para-hydroxylation sites is 1. The first-order chi connectivity index (χ1) is 16.3. The fourth-order valence-electron chi connectivity index (χ4n) is 4.88. The SMILES string of the molecule is Cc1cccc(C)c1N1C(=O)C[C@H](N2CCN(S(=O)(=O)c3ccc4c(c3)OCCO4)CC2)C1=O. The lowest BCUT2D eigenvalue weighted by molar-refractivity contribution is -0.123. The molecule has 0 spiro atoms. The maximum Gasteiger partial charge on any atom is 0.251 e. The number of nitrogens with zero attached hydrogens (tertiary/aromatic N) is 3. The summed E-state index contributed by atoms with van der Waals surface area (Å²) < 4.78 is 38.8. The van der Waals surface area contributed by atoms with Crippen LogP contribution >= 0.6 is 0 Å². The summed E-state index contributed by atoms with van der Waals surface area (Å²) in [5, 5.41) is 0. The van der Waals surface area contributed by atoms with E-state index in [1.54, 1.807) is 6.07 Å². The van der Waals surface area contributed by atoms with Crippen molar-refractivity contribution in [3.8, 4) is 11.5 Å². The van der Waals surface area contributed by atoms with Gasteiger partial charge >= 0.3 is 0 Å². The summed E-state index contributed by atoms with van der Waals surface area (Å²) in [5.41, 5.74) is 2.40. The molecule has 180 valence electrons. The van der Waals surface area contributed by atoms with Gasteiger partial charge in [-0.1, -0.05) is 18.2 Å². The fourth-order valence-corrected chi connectivity index (χ4v) is 6.32. The summed E-state index contributed by atoms with van der Waals surface area (Å²) in [5.74, 6) is 0.491. The van der Waals surface area contributed by atoms with Gasteiger partial charge in [0.05, 0.1) is 23.0 Å². The minimum absolute atomic E-state index is 0.0987. The summed E-state index contributed by atoms with van der Waals surface area (Å²) in [7, 11) is -3.72. The highest BCUT2D eigenvalue weighted by Crippen LogP contribution is 2.34. The summed E-state index contributed by atoms with van der Waals surface area (Å²) in [6.45, 7) is 5.79. The Hall–Kier alpha value is -2.95. The monoisotopic (exact) mass is 485 g/mol. The van der Waals surface area contributed by atoms with Crippen LogP contribution in [0.4, 0.5) is 5.69 Å². The molecule has 2 aromatic rings. The Morgan fingerprint density at radius 2 is 1.53 bits per heavy atom. The fraction of sp³-hybridized carbons (Fsp3) is 0.417. The largest absolute Gasteiger partial charge is 0.486 e. The van der Waals surface area contributed by atoms with E-state index >= 15 is 0 Å². The van der Waals surface area contributed by atoms with Crippen LogP contribution in [0.15, 0.2) is 41.3 Å². The normalized spacial score (nSPS) is 21.8. The molecule has 10 heteroatoms. The van der Waals surface area contributed by atoms with Gasteiger partial charge in [-0.2, -0.15) is 4.31 Å². The molecule has 3 aliphatic heterocycles. The Morgan fingerprint density at radius 3 is 2.21 bits per heavy atom. The molecular formula is C24H27N3O6S. The van der Waals surface area contributed by atoms with Crippen molar-refractivity contribution in [2.24, 2.45) is 0 Å². The van der Waals surface area contributed by atoms with Gasteiger partial charge in [0, 0.05) is 32.2 Å². The molecule has 0 unspecified atom stereocenters. The zero-order valence-electron chi connectivity index (χ0n) is 19.2. The number of carbonyl (C=O) groups is 2. The molecule has 0 aliphatic carbocycles. The van der Waals surface area contributed by atoms with E-state index in [0.29, 0.717) is 43.5 Å². The van der Waals surface area contributed by atoms with Crippen molar-refractivity contribution in [1.82, 2.24) is 9.21 Å². The number of fused-ring (bicyclic) bond motifs is 1. The van der Waals surface area contributed by atoms with E-state index in [2.05, 4.69) is 0 Å². The van der Waals surface area contributed by atoms with Crippen molar-refractivity contribution in [3.05, 3.63) is 47.5 Å². The first kappa shape index (κ1) is 22.8. The van der Waals surface area contributed by atoms with Gasteiger partial charge in [0.2, 0.25) is 15.9 Å². The number of anilines is 1. The second-order valence-corrected chi connectivity index (χ2v) is 10.7. The Kier molecular flexibility index (Phi) is 5.83. The van der Waals surface area contributed by atoms with Crippen molar-refractivity contribution in [1.29, 1.82) is 0 Å². The van der Waals surface area contributed by atoms with Crippen molar-refractivity contribution < 1.29 is 27.5 Å². The van der Waals surface area contributed by atoms with Crippen LogP contribution in [0.2, 0.25) is 0 Å². The maximum absolute atomic E-state index is 13.3. The Bertz CT molecular complexity index is 1230. The lowest BCUT2D eigenvalue weighted by Crippen LogP contribution is -2.53. The predicted octanol–water partition coefficient (Wildman–Crippen LogP) is 1.71. The van der Waals surface area contributed by atoms with Gasteiger partial charge in [0.15, 0.2) is 11.5 Å². The molecule has 0 N–H and O–H groups in total. The molecule has 0 bridgehead atoms. The number of benzene rings is 2. The second-order valence-electron chi connectivity index (χ2n) is 8.77. The highest BCUT2D eigenvalue weighted by Gasteiger charge is 2.45. The van der Waals surface area contributed by atoms with Gasteiger partial charge in [-0.15, -0.1) is 0 Å². The van der Waals surface area contributed by atoms with Crippen LogP contribution in [0.25, 0.3) is 0 Å². The number of sulfonamides is 1. The van der Waals surface area contributed by atoms with E-state index in [0.717, 1.165) is 11.1 Å². The van der Waals surface area contributed by atoms with Crippen LogP contribution < -0.4 is 14.4 Å². The zero-order chi connectivity index (χ0) is 24.0. The number of amides is 2. The molecule has 3 heterocycles. The number of hydrogen-bond donors (Lipinski definition) is 0. The second kappa shape index (κ2) is 8.68. The average Bonchev–Trinajstić information content (AvgIpc) is 3.12. The summed E-state index contributed by atoms with van der Waals surface area (Å²) >= 11 is 0. The lowest BCUT2D eigenvalue weighted by Gasteiger charge is -2.36. The van der Waals surface area contributed by atoms with Crippen molar-refractivity contribution >= 4 is 27.5 Å². The third-order valence-corrected chi connectivity index (χ3v) is 8.55. The van der Waals surface area contributed by atoms with Crippen LogP contribution in [0.5, 0.6) is 11.5 Å². The van der Waals surface area contributed by atoms with Gasteiger partial charge < -0.3 is 9.47 Å². The molecule has 1 atom stereocenters. The topological polar surface area (TPSA) is 96.5 Å². The van der Waals surface area contributed by atoms with E-state index in [1.807, 2.05) is 36.9 Å². The quantitative estimate of drug-likeness (QED) is 0.609. The summed E-state index contributed by atoms with van der Waals surface area (Å²) in [6.07, 6.45) is 0.0987. The molecule has 2 fully saturated rings. The number of aryl methyl sites for hydroxylation is 2. The van der Waals surface area contributed by atoms with Gasteiger partial charge in [0.25, 0.3) is 5.91 Å². The number of piperazine rings is 1. The van der Waals surface area contributed by atoms with E-state index in [-0.39, 0.29) is 36.2 Å². The molecule has 3 aliphatic rings. The van der Waals surface area contributed by atoms with Crippen molar-refractivity contribution in [2.45, 2.75) is 31.2 Å². The van der Waals surface area contributed by atoms with E-state index < -0.39 is 16.1 Å². The zero-order valence-corrected chi connectivity index (χ0v) is 20.0. The molecule has 2 amide bonds. The molecule has 0 saturated carbocycles. The van der Waals surface area contributed by atoms with Crippen molar-refractivity contribution in [2.75, 3.05) is 44.3 Å². The molecular weight excluding hydrogens is 458 g/mol. The molecule has 34 heavy (non-hydrogen) atoms. The van der Waals surface area contributed by atoms with Gasteiger partial charge in [-0.3, -0.25) is 14.5 Å². The Balaban J connectivity index is 1.29. The molecule has 0 aromatic heterocycles. The summed E-state index contributed by atoms with van der Waals surface area (Å²) in [6, 6.07) is 9.73. The molecule has 2 aromatic carbocycles. The highest BCUT2D eigenvalue weighted by molar-refractivity contribution is 7.89. The lowest BCUT2D eigenvalue weighted by atomic mass is 10.1. The number of rotatable bonds is 4. The standard InChI is InChI=1S/C24H27N3O6S/c1-16-4-3-5-17(2)23(16)27-22(28)15-19(24(27)29)25-8-10-26(11-9-25)34(30,31)18-6-7-20-21(14-18)33-13-12-32-20/h3-7,14,19H,8-13,15H2,1-2H3/t19-/m0/s1. The molecule has 9 nitrogen and oxygen atoms in total. The Labute approximate surface area is 198 Å². The minimum atomic E-state index is -3.72. The van der Waals surface area contributed by atoms with Gasteiger partial charge in [-0.25, -0.2) is 13.3 Å². The van der Waals surface area contributed by atoms with Crippen LogP contribution in [0.1, 0.15) is 17.5 Å². The third-order valence-electron chi connectivity index (χ3n) is 6.65. The highest BCUT2D eigenvalue weighted by atomic mass is 32.2.